The average molecular weight is 271 g/mol. The predicted molar refractivity (Wildman–Crippen MR) is 76.5 cm³/mol. The lowest BCUT2D eigenvalue weighted by atomic mass is 9.85. The molecule has 1 unspecified atom stereocenters. The first kappa shape index (κ1) is 15.5. The van der Waals surface area contributed by atoms with Crippen LogP contribution >= 0.6 is 11.8 Å². The molecule has 0 aliphatic rings. The van der Waals surface area contributed by atoms with Gasteiger partial charge < -0.3 is 10.3 Å². The number of aromatic nitrogens is 2. The van der Waals surface area contributed by atoms with Crippen molar-refractivity contribution in [3.8, 4) is 0 Å². The maximum atomic E-state index is 6.10. The minimum Gasteiger partial charge on any atom is -0.339 e. The van der Waals surface area contributed by atoms with E-state index in [1.165, 1.54) is 0 Å². The number of hydrogen-bond acceptors (Lipinski definition) is 5. The summed E-state index contributed by atoms with van der Waals surface area (Å²) < 4.78 is 5.45. The standard InChI is InChI=1S/C13H25N3OS/c1-12(2,3)9(14)7-11-15-10(16-17-11)8-18-13(4,5)6/h9H,7-8,14H2,1-6H3. The molecule has 0 saturated carbocycles. The predicted octanol–water partition coefficient (Wildman–Crippen LogP) is 3.02. The van der Waals surface area contributed by atoms with Gasteiger partial charge in [-0.2, -0.15) is 4.98 Å². The summed E-state index contributed by atoms with van der Waals surface area (Å²) in [7, 11) is 0. The van der Waals surface area contributed by atoms with Crippen molar-refractivity contribution in [3.05, 3.63) is 11.7 Å². The van der Waals surface area contributed by atoms with Gasteiger partial charge in [0.05, 0.1) is 5.75 Å². The highest BCUT2D eigenvalue weighted by Gasteiger charge is 2.23. The Bertz CT molecular complexity index is 376. The monoisotopic (exact) mass is 271 g/mol. The van der Waals surface area contributed by atoms with Crippen LogP contribution in [0.2, 0.25) is 0 Å². The normalized spacial score (nSPS) is 14.8. The van der Waals surface area contributed by atoms with Gasteiger partial charge in [0.1, 0.15) is 0 Å². The fourth-order valence-corrected chi connectivity index (χ4v) is 1.89. The van der Waals surface area contributed by atoms with Gasteiger partial charge in [0.25, 0.3) is 0 Å². The molecule has 0 fully saturated rings. The van der Waals surface area contributed by atoms with Crippen LogP contribution in [0.25, 0.3) is 0 Å². The number of nitrogens with zero attached hydrogens (tertiary/aromatic N) is 2. The molecule has 1 atom stereocenters. The van der Waals surface area contributed by atoms with Crippen LogP contribution in [0.4, 0.5) is 0 Å². The number of nitrogens with two attached hydrogens (primary N) is 1. The molecule has 0 aromatic carbocycles. The Hall–Kier alpha value is -0.550. The van der Waals surface area contributed by atoms with E-state index in [1.54, 1.807) is 0 Å². The highest BCUT2D eigenvalue weighted by atomic mass is 32.2. The number of rotatable bonds is 4. The van der Waals surface area contributed by atoms with Crippen molar-refractivity contribution in [1.29, 1.82) is 0 Å². The molecular weight excluding hydrogens is 246 g/mol. The van der Waals surface area contributed by atoms with Crippen molar-refractivity contribution in [2.24, 2.45) is 11.1 Å². The van der Waals surface area contributed by atoms with E-state index in [4.69, 9.17) is 10.3 Å². The van der Waals surface area contributed by atoms with Gasteiger partial charge in [-0.05, 0) is 5.41 Å². The summed E-state index contributed by atoms with van der Waals surface area (Å²) in [5.41, 5.74) is 6.15. The minimum atomic E-state index is 0.0288. The van der Waals surface area contributed by atoms with Gasteiger partial charge in [0, 0.05) is 17.2 Å². The van der Waals surface area contributed by atoms with Crippen molar-refractivity contribution in [3.63, 3.8) is 0 Å². The second kappa shape index (κ2) is 5.61. The first-order valence-corrected chi connectivity index (χ1v) is 7.27. The second-order valence-electron chi connectivity index (χ2n) is 6.68. The topological polar surface area (TPSA) is 64.9 Å². The van der Waals surface area contributed by atoms with Crippen LogP contribution in [0.1, 0.15) is 53.3 Å². The molecule has 1 aromatic heterocycles. The molecule has 0 saturated heterocycles. The lowest BCUT2D eigenvalue weighted by Gasteiger charge is -2.25. The van der Waals surface area contributed by atoms with E-state index in [2.05, 4.69) is 51.7 Å². The Morgan fingerprint density at radius 1 is 1.22 bits per heavy atom. The van der Waals surface area contributed by atoms with Gasteiger partial charge in [-0.15, -0.1) is 11.8 Å². The number of thioether (sulfide) groups is 1. The Kier molecular flexibility index (Phi) is 4.84. The molecule has 18 heavy (non-hydrogen) atoms. The first-order chi connectivity index (χ1) is 8.08. The molecule has 1 aromatic rings. The fourth-order valence-electron chi connectivity index (χ4n) is 1.21. The molecule has 1 heterocycles. The zero-order valence-corrected chi connectivity index (χ0v) is 13.1. The van der Waals surface area contributed by atoms with E-state index < -0.39 is 0 Å². The third-order valence-electron chi connectivity index (χ3n) is 2.65. The largest absolute Gasteiger partial charge is 0.339 e. The number of hydrogen-bond donors (Lipinski definition) is 1. The van der Waals surface area contributed by atoms with Crippen molar-refractivity contribution >= 4 is 11.8 Å². The summed E-state index contributed by atoms with van der Waals surface area (Å²) in [6, 6.07) is 0.0288. The molecule has 0 amide bonds. The molecule has 1 rings (SSSR count). The van der Waals surface area contributed by atoms with Crippen molar-refractivity contribution < 1.29 is 4.52 Å². The summed E-state index contributed by atoms with van der Waals surface area (Å²) in [6.45, 7) is 12.9. The second-order valence-corrected chi connectivity index (χ2v) is 8.48. The third-order valence-corrected chi connectivity index (χ3v) is 3.92. The third kappa shape index (κ3) is 5.40. The maximum Gasteiger partial charge on any atom is 0.228 e. The summed E-state index contributed by atoms with van der Waals surface area (Å²) in [5, 5.41) is 3.99. The van der Waals surface area contributed by atoms with E-state index in [-0.39, 0.29) is 16.2 Å². The van der Waals surface area contributed by atoms with Crippen LogP contribution in [-0.4, -0.2) is 20.9 Å². The fraction of sp³-hybridized carbons (Fsp3) is 0.846. The van der Waals surface area contributed by atoms with Crippen molar-refractivity contribution in [2.45, 2.75) is 64.5 Å². The van der Waals surface area contributed by atoms with Crippen LogP contribution in [0.15, 0.2) is 4.52 Å². The highest BCUT2D eigenvalue weighted by molar-refractivity contribution is 7.99. The van der Waals surface area contributed by atoms with Gasteiger partial charge in [0.2, 0.25) is 5.89 Å². The van der Waals surface area contributed by atoms with E-state index in [1.807, 2.05) is 11.8 Å². The van der Waals surface area contributed by atoms with Crippen molar-refractivity contribution in [2.75, 3.05) is 0 Å². The molecule has 0 radical (unpaired) electrons. The first-order valence-electron chi connectivity index (χ1n) is 6.29. The molecule has 4 nitrogen and oxygen atoms in total. The molecule has 0 spiro atoms. The SMILES string of the molecule is CC(C)(C)SCc1noc(CC(N)C(C)(C)C)n1. The van der Waals surface area contributed by atoms with Gasteiger partial charge in [0.15, 0.2) is 5.82 Å². The Morgan fingerprint density at radius 3 is 2.33 bits per heavy atom. The Labute approximate surface area is 114 Å². The Morgan fingerprint density at radius 2 is 1.83 bits per heavy atom. The van der Waals surface area contributed by atoms with Crippen LogP contribution in [0.3, 0.4) is 0 Å². The van der Waals surface area contributed by atoms with Crippen LogP contribution in [-0.2, 0) is 12.2 Å². The van der Waals surface area contributed by atoms with Gasteiger partial charge >= 0.3 is 0 Å². The molecule has 2 N–H and O–H groups in total. The van der Waals surface area contributed by atoms with Gasteiger partial charge in [-0.25, -0.2) is 0 Å². The van der Waals surface area contributed by atoms with E-state index in [0.717, 1.165) is 11.6 Å². The van der Waals surface area contributed by atoms with Crippen LogP contribution < -0.4 is 5.73 Å². The molecule has 104 valence electrons. The molecule has 0 aliphatic carbocycles. The van der Waals surface area contributed by atoms with E-state index in [9.17, 15) is 0 Å². The molecule has 0 bridgehead atoms. The summed E-state index contributed by atoms with van der Waals surface area (Å²) >= 11 is 1.81. The van der Waals surface area contributed by atoms with E-state index >= 15 is 0 Å². The molecule has 5 heteroatoms. The molecular formula is C13H25N3OS. The molecule has 0 aliphatic heterocycles. The lowest BCUT2D eigenvalue weighted by molar-refractivity contribution is 0.285. The minimum absolute atomic E-state index is 0.0288. The maximum absolute atomic E-state index is 6.10. The average Bonchev–Trinajstić information content (AvgIpc) is 2.60. The quantitative estimate of drug-likeness (QED) is 0.912. The van der Waals surface area contributed by atoms with Gasteiger partial charge in [-0.3, -0.25) is 0 Å². The summed E-state index contributed by atoms with van der Waals surface area (Å²) in [6.07, 6.45) is 0.636. The van der Waals surface area contributed by atoms with Crippen molar-refractivity contribution in [1.82, 2.24) is 10.1 Å². The van der Waals surface area contributed by atoms with Crippen LogP contribution in [0, 0.1) is 5.41 Å². The lowest BCUT2D eigenvalue weighted by Crippen LogP contribution is -2.37. The van der Waals surface area contributed by atoms with Gasteiger partial charge in [-0.1, -0.05) is 46.7 Å². The van der Waals surface area contributed by atoms with Crippen LogP contribution in [0.5, 0.6) is 0 Å². The summed E-state index contributed by atoms with van der Waals surface area (Å²) in [5.74, 6) is 2.17. The zero-order chi connectivity index (χ0) is 14.0. The Balaban J connectivity index is 2.54. The zero-order valence-electron chi connectivity index (χ0n) is 12.3. The smallest absolute Gasteiger partial charge is 0.228 e. The summed E-state index contributed by atoms with van der Waals surface area (Å²) in [4.78, 5) is 4.39. The highest BCUT2D eigenvalue weighted by Crippen LogP contribution is 2.26. The van der Waals surface area contributed by atoms with E-state index in [0.29, 0.717) is 12.3 Å².